The second-order valence-electron chi connectivity index (χ2n) is 5.73. The van der Waals surface area contributed by atoms with Gasteiger partial charge < -0.3 is 9.74 Å². The molecule has 0 aromatic heterocycles. The van der Waals surface area contributed by atoms with Crippen LogP contribution in [0.25, 0.3) is 0 Å². The van der Waals surface area contributed by atoms with Crippen LogP contribution in [0.1, 0.15) is 30.0 Å². The summed E-state index contributed by atoms with van der Waals surface area (Å²) >= 11 is 5.81. The van der Waals surface area contributed by atoms with Gasteiger partial charge >= 0.3 is 0 Å². The van der Waals surface area contributed by atoms with E-state index in [0.717, 1.165) is 42.7 Å². The summed E-state index contributed by atoms with van der Waals surface area (Å²) in [5.41, 5.74) is 4.27. The van der Waals surface area contributed by atoms with Crippen LogP contribution in [-0.4, -0.2) is 43.3 Å². The summed E-state index contributed by atoms with van der Waals surface area (Å²) < 4.78 is 0. The van der Waals surface area contributed by atoms with E-state index in [1.807, 2.05) is 6.07 Å². The third-order valence-electron chi connectivity index (χ3n) is 4.00. The van der Waals surface area contributed by atoms with Crippen molar-refractivity contribution in [2.24, 2.45) is 5.16 Å². The van der Waals surface area contributed by atoms with Crippen molar-refractivity contribution in [3.63, 3.8) is 0 Å². The predicted molar refractivity (Wildman–Crippen MR) is 92.5 cm³/mol. The first kappa shape index (κ1) is 17.5. The van der Waals surface area contributed by atoms with E-state index in [1.54, 1.807) is 13.1 Å². The molecule has 6 nitrogen and oxygen atoms in total. The molecule has 1 aliphatic rings. The van der Waals surface area contributed by atoms with E-state index in [4.69, 9.17) is 16.4 Å². The normalized spacial score (nSPS) is 15.0. The lowest BCUT2D eigenvalue weighted by molar-refractivity contribution is -0.517. The number of benzene rings is 1. The maximum absolute atomic E-state index is 10.9. The number of oxime groups is 1. The number of nitrogens with zero attached hydrogens (tertiary/aromatic N) is 3. The Morgan fingerprint density at radius 3 is 3.00 bits per heavy atom. The lowest BCUT2D eigenvalue weighted by Gasteiger charge is -2.21. The minimum atomic E-state index is -0.603. The molecule has 1 aromatic carbocycles. The topological polar surface area (TPSA) is 68.0 Å². The molecule has 1 aliphatic heterocycles. The van der Waals surface area contributed by atoms with Gasteiger partial charge in [-0.2, -0.15) is 0 Å². The first-order valence-electron chi connectivity index (χ1n) is 7.73. The zero-order chi connectivity index (χ0) is 16.8. The lowest BCUT2D eigenvalue weighted by Crippen LogP contribution is -2.23. The number of rotatable bonds is 8. The minimum absolute atomic E-state index is 0.247. The first-order valence-corrected chi connectivity index (χ1v) is 8.27. The second-order valence-corrected chi connectivity index (χ2v) is 6.11. The molecule has 23 heavy (non-hydrogen) atoms. The van der Waals surface area contributed by atoms with E-state index in [1.165, 1.54) is 12.7 Å². The molecule has 1 unspecified atom stereocenters. The number of nitro groups is 1. The zero-order valence-electron chi connectivity index (χ0n) is 13.5. The fraction of sp³-hybridized carbons (Fsp3) is 0.562. The van der Waals surface area contributed by atoms with Crippen LogP contribution in [0.15, 0.2) is 17.3 Å². The molecule has 1 heterocycles. The molecule has 0 fully saturated rings. The summed E-state index contributed by atoms with van der Waals surface area (Å²) in [7, 11) is 1.50. The van der Waals surface area contributed by atoms with Gasteiger partial charge in [-0.05, 0) is 30.0 Å². The molecule has 2 rings (SSSR count). The van der Waals surface area contributed by atoms with Crippen molar-refractivity contribution in [2.75, 3.05) is 31.0 Å². The molecule has 0 amide bonds. The summed E-state index contributed by atoms with van der Waals surface area (Å²) in [5, 5.41) is 14.8. The van der Waals surface area contributed by atoms with Gasteiger partial charge in [0.2, 0.25) is 6.04 Å². The molecule has 0 spiro atoms. The molecule has 126 valence electrons. The predicted octanol–water partition coefficient (Wildman–Crippen LogP) is 2.87. The quantitative estimate of drug-likeness (QED) is 0.316. The maximum atomic E-state index is 10.9. The number of alkyl halides is 1. The van der Waals surface area contributed by atoms with Gasteiger partial charge in [0.05, 0.1) is 6.21 Å². The summed E-state index contributed by atoms with van der Waals surface area (Å²) in [6, 6.07) is 3.45. The molecular weight excluding hydrogens is 318 g/mol. The van der Waals surface area contributed by atoms with Crippen molar-refractivity contribution in [1.82, 2.24) is 0 Å². The fourth-order valence-corrected chi connectivity index (χ4v) is 3.07. The average molecular weight is 340 g/mol. The smallest absolute Gasteiger partial charge is 0.214 e. The van der Waals surface area contributed by atoms with Crippen molar-refractivity contribution in [3.8, 4) is 0 Å². The van der Waals surface area contributed by atoms with Gasteiger partial charge in [0.1, 0.15) is 7.11 Å². The Hall–Kier alpha value is -1.82. The molecule has 0 bridgehead atoms. The van der Waals surface area contributed by atoms with Crippen LogP contribution in [0.5, 0.6) is 0 Å². The van der Waals surface area contributed by atoms with Crippen molar-refractivity contribution >= 4 is 23.5 Å². The number of halogens is 1. The first-order chi connectivity index (χ1) is 11.1. The van der Waals surface area contributed by atoms with Crippen molar-refractivity contribution in [3.05, 3.63) is 38.9 Å². The van der Waals surface area contributed by atoms with Gasteiger partial charge in [-0.1, -0.05) is 11.2 Å². The van der Waals surface area contributed by atoms with Crippen LogP contribution in [0, 0.1) is 10.1 Å². The summed E-state index contributed by atoms with van der Waals surface area (Å²) in [6.07, 6.45) is 3.95. The van der Waals surface area contributed by atoms with E-state index >= 15 is 0 Å². The zero-order valence-corrected chi connectivity index (χ0v) is 14.3. The van der Waals surface area contributed by atoms with E-state index in [9.17, 15) is 10.1 Å². The van der Waals surface area contributed by atoms with Gasteiger partial charge in [0.15, 0.2) is 0 Å². The molecule has 1 atom stereocenters. The van der Waals surface area contributed by atoms with E-state index < -0.39 is 6.04 Å². The molecule has 0 N–H and O–H groups in total. The summed E-state index contributed by atoms with van der Waals surface area (Å²) in [6.45, 7) is 3.46. The Bertz CT molecular complexity index is 592. The molecule has 0 radical (unpaired) electrons. The number of anilines is 1. The standard InChI is InChI=1S/C16H22ClN3O3/c1-12(20(21)22)8-13-9-14-4-7-19(6-3-5-17)16(14)15(10-13)11-18-23-2/h9-12H,3-8H2,1-2H3/b18-11+. The molecule has 0 aliphatic carbocycles. The Balaban J connectivity index is 2.33. The Kier molecular flexibility index (Phi) is 6.21. The second kappa shape index (κ2) is 8.15. The van der Waals surface area contributed by atoms with E-state index in [-0.39, 0.29) is 4.92 Å². The largest absolute Gasteiger partial charge is 0.399 e. The van der Waals surface area contributed by atoms with Crippen LogP contribution in [0.4, 0.5) is 5.69 Å². The monoisotopic (exact) mass is 339 g/mol. The highest BCUT2D eigenvalue weighted by Gasteiger charge is 2.24. The van der Waals surface area contributed by atoms with Crippen molar-refractivity contribution < 1.29 is 9.76 Å². The highest BCUT2D eigenvalue weighted by atomic mass is 35.5. The molecule has 7 heteroatoms. The summed E-state index contributed by atoms with van der Waals surface area (Å²) in [4.78, 5) is 17.8. The Morgan fingerprint density at radius 2 is 2.35 bits per heavy atom. The minimum Gasteiger partial charge on any atom is -0.399 e. The Morgan fingerprint density at radius 1 is 1.57 bits per heavy atom. The van der Waals surface area contributed by atoms with Crippen LogP contribution in [-0.2, 0) is 17.7 Å². The number of hydrogen-bond acceptors (Lipinski definition) is 5. The van der Waals surface area contributed by atoms with Gasteiger partial charge in [-0.3, -0.25) is 10.1 Å². The summed E-state index contributed by atoms with van der Waals surface area (Å²) in [5.74, 6) is 0.631. The SMILES string of the molecule is CO/N=C/c1cc(CC(C)[N+](=O)[O-])cc2c1N(CCCCl)CC2. The fourth-order valence-electron chi connectivity index (χ4n) is 2.95. The lowest BCUT2D eigenvalue weighted by atomic mass is 9.99. The molecule has 1 aromatic rings. The molecule has 0 saturated heterocycles. The number of fused-ring (bicyclic) bond motifs is 1. The highest BCUT2D eigenvalue weighted by Crippen LogP contribution is 2.33. The maximum Gasteiger partial charge on any atom is 0.214 e. The van der Waals surface area contributed by atoms with E-state index in [2.05, 4.69) is 16.1 Å². The third-order valence-corrected chi connectivity index (χ3v) is 4.26. The molecular formula is C16H22ClN3O3. The van der Waals surface area contributed by atoms with Gasteiger partial charge in [-0.15, -0.1) is 11.6 Å². The van der Waals surface area contributed by atoms with Gasteiger partial charge in [-0.25, -0.2) is 0 Å². The van der Waals surface area contributed by atoms with Crippen LogP contribution < -0.4 is 4.90 Å². The third kappa shape index (κ3) is 4.34. The van der Waals surface area contributed by atoms with Gasteiger partial charge in [0.25, 0.3) is 0 Å². The van der Waals surface area contributed by atoms with E-state index in [0.29, 0.717) is 12.3 Å². The molecule has 0 saturated carbocycles. The number of hydrogen-bond donors (Lipinski definition) is 0. The van der Waals surface area contributed by atoms with Crippen molar-refractivity contribution in [2.45, 2.75) is 32.2 Å². The van der Waals surface area contributed by atoms with Crippen LogP contribution in [0.2, 0.25) is 0 Å². The Labute approximate surface area is 141 Å². The van der Waals surface area contributed by atoms with Crippen LogP contribution in [0.3, 0.4) is 0 Å². The highest BCUT2D eigenvalue weighted by molar-refractivity contribution is 6.17. The van der Waals surface area contributed by atoms with Gasteiger partial charge in [0, 0.05) is 48.5 Å². The van der Waals surface area contributed by atoms with Crippen molar-refractivity contribution in [1.29, 1.82) is 0 Å². The van der Waals surface area contributed by atoms with Crippen LogP contribution >= 0.6 is 11.6 Å². The average Bonchev–Trinajstić information content (AvgIpc) is 2.93.